The standard InChI is InChI=1S/C21H15N3O4/c1-2-14(12-7-8-28-11-12)17-9-13(10-23-18(17)22)19(25)24-20(26)15-5-3-4-6-16(15)21(24)27/h2-11H,1H3,(H2,22,23)/b14-2-. The van der Waals surface area contributed by atoms with Crippen LogP contribution in [-0.2, 0) is 0 Å². The second-order valence-corrected chi connectivity index (χ2v) is 6.17. The highest BCUT2D eigenvalue weighted by molar-refractivity contribution is 6.31. The number of nitrogens with zero attached hydrogens (tertiary/aromatic N) is 2. The number of pyridine rings is 1. The van der Waals surface area contributed by atoms with E-state index in [2.05, 4.69) is 4.98 Å². The van der Waals surface area contributed by atoms with E-state index < -0.39 is 17.7 Å². The van der Waals surface area contributed by atoms with Crippen LogP contribution in [0.2, 0.25) is 0 Å². The minimum absolute atomic E-state index is 0.0848. The fraction of sp³-hybridized carbons (Fsp3) is 0.0476. The topological polar surface area (TPSA) is 106 Å². The number of rotatable bonds is 3. The number of amides is 3. The molecule has 3 aromatic rings. The molecule has 3 heterocycles. The van der Waals surface area contributed by atoms with E-state index in [0.29, 0.717) is 10.5 Å². The first-order chi connectivity index (χ1) is 13.5. The monoisotopic (exact) mass is 373 g/mol. The molecule has 0 fully saturated rings. The van der Waals surface area contributed by atoms with E-state index in [-0.39, 0.29) is 22.5 Å². The molecule has 138 valence electrons. The van der Waals surface area contributed by atoms with E-state index in [9.17, 15) is 14.4 Å². The van der Waals surface area contributed by atoms with Crippen LogP contribution in [0.1, 0.15) is 49.1 Å². The molecule has 7 heteroatoms. The molecule has 3 amide bonds. The molecule has 0 bridgehead atoms. The van der Waals surface area contributed by atoms with Crippen LogP contribution in [0.15, 0.2) is 65.6 Å². The largest absolute Gasteiger partial charge is 0.472 e. The molecule has 0 aliphatic carbocycles. The first kappa shape index (κ1) is 17.4. The number of imide groups is 3. The second-order valence-electron chi connectivity index (χ2n) is 6.17. The fourth-order valence-corrected chi connectivity index (χ4v) is 3.21. The summed E-state index contributed by atoms with van der Waals surface area (Å²) in [5.41, 5.74) is 8.49. The molecule has 2 N–H and O–H groups in total. The highest BCUT2D eigenvalue weighted by atomic mass is 16.3. The van der Waals surface area contributed by atoms with Gasteiger partial charge in [0.2, 0.25) is 0 Å². The number of allylic oxidation sites excluding steroid dienone is 1. The quantitative estimate of drug-likeness (QED) is 0.707. The summed E-state index contributed by atoms with van der Waals surface area (Å²) in [7, 11) is 0. The Kier molecular flexibility index (Phi) is 4.12. The number of fused-ring (bicyclic) bond motifs is 1. The van der Waals surface area contributed by atoms with E-state index >= 15 is 0 Å². The third-order valence-electron chi connectivity index (χ3n) is 4.57. The predicted octanol–water partition coefficient (Wildman–Crippen LogP) is 3.14. The van der Waals surface area contributed by atoms with Gasteiger partial charge >= 0.3 is 0 Å². The minimum atomic E-state index is -0.748. The summed E-state index contributed by atoms with van der Waals surface area (Å²) >= 11 is 0. The zero-order chi connectivity index (χ0) is 19.8. The molecule has 1 aromatic carbocycles. The van der Waals surface area contributed by atoms with Gasteiger partial charge in [0.25, 0.3) is 17.7 Å². The number of carbonyl (C=O) groups excluding carboxylic acids is 3. The zero-order valence-electron chi connectivity index (χ0n) is 14.9. The van der Waals surface area contributed by atoms with Crippen molar-refractivity contribution in [2.75, 3.05) is 5.73 Å². The Morgan fingerprint density at radius 1 is 1.11 bits per heavy atom. The average Bonchev–Trinajstić information content (AvgIpc) is 3.31. The van der Waals surface area contributed by atoms with Crippen LogP contribution in [-0.4, -0.2) is 27.6 Å². The van der Waals surface area contributed by atoms with Crippen molar-refractivity contribution < 1.29 is 18.8 Å². The summed E-state index contributed by atoms with van der Waals surface area (Å²) < 4.78 is 5.12. The summed E-state index contributed by atoms with van der Waals surface area (Å²) in [5.74, 6) is -1.83. The molecule has 4 rings (SSSR count). The predicted molar refractivity (Wildman–Crippen MR) is 101 cm³/mol. The number of anilines is 1. The number of nitrogen functional groups attached to an aromatic ring is 1. The van der Waals surface area contributed by atoms with Gasteiger partial charge in [0, 0.05) is 17.3 Å². The lowest BCUT2D eigenvalue weighted by atomic mass is 9.99. The number of benzene rings is 1. The van der Waals surface area contributed by atoms with E-state index in [1.807, 2.05) is 13.0 Å². The maximum Gasteiger partial charge on any atom is 0.269 e. The van der Waals surface area contributed by atoms with Crippen LogP contribution in [0.4, 0.5) is 5.82 Å². The van der Waals surface area contributed by atoms with Crippen molar-refractivity contribution in [3.05, 3.63) is 89.0 Å². The Hall–Kier alpha value is -4.00. The van der Waals surface area contributed by atoms with Crippen LogP contribution in [0, 0.1) is 0 Å². The second kappa shape index (κ2) is 6.62. The SMILES string of the molecule is C/C=C(/c1ccoc1)c1cc(C(=O)N2C(=O)c3ccccc3C2=O)cnc1N. The minimum Gasteiger partial charge on any atom is -0.472 e. The van der Waals surface area contributed by atoms with Crippen molar-refractivity contribution in [1.82, 2.24) is 9.88 Å². The average molecular weight is 373 g/mol. The number of furan rings is 1. The molecule has 0 saturated heterocycles. The van der Waals surface area contributed by atoms with Gasteiger partial charge in [0.15, 0.2) is 0 Å². The summed E-state index contributed by atoms with van der Waals surface area (Å²) in [4.78, 5) is 42.8. The molecule has 0 spiro atoms. The van der Waals surface area contributed by atoms with Crippen molar-refractivity contribution in [3.8, 4) is 0 Å². The Labute approximate surface area is 160 Å². The fourth-order valence-electron chi connectivity index (χ4n) is 3.21. The first-order valence-electron chi connectivity index (χ1n) is 8.50. The Morgan fingerprint density at radius 2 is 1.79 bits per heavy atom. The molecule has 2 aromatic heterocycles. The number of carbonyl (C=O) groups is 3. The van der Waals surface area contributed by atoms with Gasteiger partial charge in [0.05, 0.1) is 29.2 Å². The van der Waals surface area contributed by atoms with Gasteiger partial charge < -0.3 is 10.2 Å². The Morgan fingerprint density at radius 3 is 2.36 bits per heavy atom. The number of hydrogen-bond donors (Lipinski definition) is 1. The van der Waals surface area contributed by atoms with Crippen LogP contribution < -0.4 is 5.73 Å². The summed E-state index contributed by atoms with van der Waals surface area (Å²) in [5, 5.41) is 0. The third-order valence-corrected chi connectivity index (χ3v) is 4.57. The molecular weight excluding hydrogens is 358 g/mol. The summed E-state index contributed by atoms with van der Waals surface area (Å²) in [6, 6.07) is 9.61. The number of aromatic nitrogens is 1. The smallest absolute Gasteiger partial charge is 0.269 e. The highest BCUT2D eigenvalue weighted by Gasteiger charge is 2.40. The van der Waals surface area contributed by atoms with E-state index in [4.69, 9.17) is 10.2 Å². The molecule has 0 radical (unpaired) electrons. The molecule has 0 atom stereocenters. The molecule has 0 unspecified atom stereocenters. The lowest BCUT2D eigenvalue weighted by Crippen LogP contribution is -2.36. The van der Waals surface area contributed by atoms with Gasteiger partial charge in [-0.2, -0.15) is 0 Å². The van der Waals surface area contributed by atoms with Crippen LogP contribution in [0.3, 0.4) is 0 Å². The van der Waals surface area contributed by atoms with E-state index in [0.717, 1.165) is 11.1 Å². The van der Waals surface area contributed by atoms with Crippen molar-refractivity contribution in [1.29, 1.82) is 0 Å². The number of nitrogens with two attached hydrogens (primary N) is 1. The van der Waals surface area contributed by atoms with Gasteiger partial charge in [-0.1, -0.05) is 18.2 Å². The van der Waals surface area contributed by atoms with E-state index in [1.54, 1.807) is 24.5 Å². The molecular formula is C21H15N3O4. The maximum atomic E-state index is 13.0. The molecule has 28 heavy (non-hydrogen) atoms. The van der Waals surface area contributed by atoms with Crippen molar-refractivity contribution in [3.63, 3.8) is 0 Å². The lowest BCUT2D eigenvalue weighted by Gasteiger charge is -2.14. The maximum absolute atomic E-state index is 13.0. The molecule has 1 aliphatic rings. The Bertz CT molecular complexity index is 1110. The van der Waals surface area contributed by atoms with Crippen molar-refractivity contribution in [2.24, 2.45) is 0 Å². The molecule has 7 nitrogen and oxygen atoms in total. The number of hydrogen-bond acceptors (Lipinski definition) is 6. The van der Waals surface area contributed by atoms with Crippen LogP contribution in [0.25, 0.3) is 5.57 Å². The van der Waals surface area contributed by atoms with Gasteiger partial charge in [-0.15, -0.1) is 0 Å². The van der Waals surface area contributed by atoms with Gasteiger partial charge in [-0.3, -0.25) is 14.4 Å². The van der Waals surface area contributed by atoms with Gasteiger partial charge in [-0.05, 0) is 36.8 Å². The van der Waals surface area contributed by atoms with Gasteiger partial charge in [-0.25, -0.2) is 9.88 Å². The summed E-state index contributed by atoms with van der Waals surface area (Å²) in [6.07, 6.45) is 6.14. The van der Waals surface area contributed by atoms with Crippen molar-refractivity contribution in [2.45, 2.75) is 6.92 Å². The van der Waals surface area contributed by atoms with Crippen molar-refractivity contribution >= 4 is 29.1 Å². The van der Waals surface area contributed by atoms with E-state index in [1.165, 1.54) is 30.7 Å². The lowest BCUT2D eigenvalue weighted by molar-refractivity contribution is 0.0566. The summed E-state index contributed by atoms with van der Waals surface area (Å²) in [6.45, 7) is 1.82. The molecule has 1 aliphatic heterocycles. The first-order valence-corrected chi connectivity index (χ1v) is 8.50. The van der Waals surface area contributed by atoms with Gasteiger partial charge in [0.1, 0.15) is 5.82 Å². The highest BCUT2D eigenvalue weighted by Crippen LogP contribution is 2.29. The third kappa shape index (κ3) is 2.61. The Balaban J connectivity index is 1.74. The van der Waals surface area contributed by atoms with Crippen LogP contribution >= 0.6 is 0 Å². The zero-order valence-corrected chi connectivity index (χ0v) is 14.9. The molecule has 0 saturated carbocycles. The normalized spacial score (nSPS) is 13.8. The van der Waals surface area contributed by atoms with Crippen LogP contribution in [0.5, 0.6) is 0 Å².